The summed E-state index contributed by atoms with van der Waals surface area (Å²) >= 11 is 0. The molecule has 146 valence electrons. The van der Waals surface area contributed by atoms with Gasteiger partial charge in [-0.2, -0.15) is 0 Å². The van der Waals surface area contributed by atoms with E-state index in [4.69, 9.17) is 0 Å². The minimum atomic E-state index is 0.164. The van der Waals surface area contributed by atoms with Gasteiger partial charge < -0.3 is 15.0 Å². The number of hydrogen-bond donors (Lipinski definition) is 2. The maximum atomic E-state index is 11.9. The summed E-state index contributed by atoms with van der Waals surface area (Å²) in [5, 5.41) is 10.8. The zero-order valence-corrected chi connectivity index (χ0v) is 16.2. The lowest BCUT2D eigenvalue weighted by molar-refractivity contribution is -0.130. The van der Waals surface area contributed by atoms with E-state index >= 15 is 0 Å². The first kappa shape index (κ1) is 18.4. The average Bonchev–Trinajstić information content (AvgIpc) is 3.07. The largest absolute Gasteiger partial charge is 0.396 e. The molecule has 2 aromatic heterocycles. The minimum Gasteiger partial charge on any atom is -0.396 e. The monoisotopic (exact) mass is 370 g/mol. The van der Waals surface area contributed by atoms with Gasteiger partial charge in [0, 0.05) is 62.9 Å². The summed E-state index contributed by atoms with van der Waals surface area (Å²) in [6.45, 7) is 6.50. The van der Waals surface area contributed by atoms with Crippen LogP contribution in [0.4, 0.5) is 0 Å². The van der Waals surface area contributed by atoms with Crippen LogP contribution in [0.2, 0.25) is 0 Å². The van der Waals surface area contributed by atoms with Gasteiger partial charge in [-0.05, 0) is 55.8 Å². The first-order chi connectivity index (χ1) is 13.2. The van der Waals surface area contributed by atoms with E-state index < -0.39 is 0 Å². The summed E-state index contributed by atoms with van der Waals surface area (Å²) in [4.78, 5) is 24.5. The van der Waals surface area contributed by atoms with Gasteiger partial charge >= 0.3 is 0 Å². The van der Waals surface area contributed by atoms with Crippen LogP contribution >= 0.6 is 0 Å². The second-order valence-corrected chi connectivity index (χ2v) is 8.15. The van der Waals surface area contributed by atoms with E-state index in [1.165, 1.54) is 16.6 Å². The minimum absolute atomic E-state index is 0.164. The number of fused-ring (bicyclic) bond motifs is 1. The topological polar surface area (TPSA) is 72.5 Å². The van der Waals surface area contributed by atoms with Crippen molar-refractivity contribution in [1.29, 1.82) is 0 Å². The Morgan fingerprint density at radius 1 is 1.30 bits per heavy atom. The summed E-state index contributed by atoms with van der Waals surface area (Å²) in [6.07, 6.45) is 6.23. The second kappa shape index (κ2) is 7.98. The quantitative estimate of drug-likeness (QED) is 0.867. The summed E-state index contributed by atoms with van der Waals surface area (Å²) in [5.41, 5.74) is 3.52. The Kier molecular flexibility index (Phi) is 5.45. The zero-order chi connectivity index (χ0) is 18.8. The van der Waals surface area contributed by atoms with Crippen LogP contribution in [-0.2, 0) is 11.3 Å². The Labute approximate surface area is 160 Å². The maximum absolute atomic E-state index is 11.9. The first-order valence-corrected chi connectivity index (χ1v) is 10.2. The summed E-state index contributed by atoms with van der Waals surface area (Å²) in [5.74, 6) is 0.885. The fourth-order valence-electron chi connectivity index (χ4n) is 4.78. The number of aliphatic hydroxyl groups excluding tert-OH is 1. The molecule has 2 aliphatic heterocycles. The molecule has 6 heteroatoms. The molecule has 4 rings (SSSR count). The molecule has 2 aliphatic rings. The number of piperidine rings is 2. The lowest BCUT2D eigenvalue weighted by atomic mass is 9.91. The molecule has 1 amide bonds. The van der Waals surface area contributed by atoms with Gasteiger partial charge in [-0.3, -0.25) is 9.69 Å². The number of aromatic amines is 1. The molecular formula is C21H30N4O2. The van der Waals surface area contributed by atoms with Gasteiger partial charge in [0.2, 0.25) is 5.91 Å². The van der Waals surface area contributed by atoms with Crippen molar-refractivity contribution in [3.05, 3.63) is 29.6 Å². The first-order valence-electron chi connectivity index (χ1n) is 10.2. The number of amides is 1. The predicted octanol–water partition coefficient (Wildman–Crippen LogP) is 2.49. The standard InChI is InChI=1S/C21H30N4O2/c1-15(27)25-10-4-6-17(12-25)20-19(18-7-2-8-22-21(18)23-20)13-24-9-3-5-16(11-24)14-26/h2,7-8,16-17,26H,3-6,9-14H2,1H3,(H,22,23)/t16-,17+/m1/s1. The van der Waals surface area contributed by atoms with Crippen molar-refractivity contribution < 1.29 is 9.90 Å². The van der Waals surface area contributed by atoms with Crippen LogP contribution in [0.3, 0.4) is 0 Å². The third-order valence-corrected chi connectivity index (χ3v) is 6.23. The van der Waals surface area contributed by atoms with E-state index in [2.05, 4.69) is 20.9 Å². The molecule has 0 aliphatic carbocycles. The van der Waals surface area contributed by atoms with Crippen molar-refractivity contribution in [2.75, 3.05) is 32.8 Å². The SMILES string of the molecule is CC(=O)N1CCC[C@H](c2[nH]c3ncccc3c2CN2CCC[C@@H](CO)C2)C1. The molecule has 0 unspecified atom stereocenters. The Morgan fingerprint density at radius 3 is 2.96 bits per heavy atom. The number of pyridine rings is 1. The highest BCUT2D eigenvalue weighted by Crippen LogP contribution is 2.34. The average molecular weight is 370 g/mol. The molecule has 4 heterocycles. The van der Waals surface area contributed by atoms with Gasteiger partial charge in [-0.25, -0.2) is 4.98 Å². The third-order valence-electron chi connectivity index (χ3n) is 6.23. The third kappa shape index (κ3) is 3.87. The van der Waals surface area contributed by atoms with Crippen molar-refractivity contribution >= 4 is 16.9 Å². The predicted molar refractivity (Wildman–Crippen MR) is 105 cm³/mol. The fourth-order valence-corrected chi connectivity index (χ4v) is 4.78. The van der Waals surface area contributed by atoms with E-state index in [9.17, 15) is 9.90 Å². The fraction of sp³-hybridized carbons (Fsp3) is 0.619. The van der Waals surface area contributed by atoms with Gasteiger partial charge in [-0.15, -0.1) is 0 Å². The highest BCUT2D eigenvalue weighted by molar-refractivity contribution is 5.81. The zero-order valence-electron chi connectivity index (χ0n) is 16.2. The van der Waals surface area contributed by atoms with Gasteiger partial charge in [0.05, 0.1) is 0 Å². The number of aromatic nitrogens is 2. The lowest BCUT2D eigenvalue weighted by Crippen LogP contribution is -2.39. The summed E-state index contributed by atoms with van der Waals surface area (Å²) in [7, 11) is 0. The summed E-state index contributed by atoms with van der Waals surface area (Å²) in [6, 6.07) is 4.15. The Hall–Kier alpha value is -1.92. The number of nitrogens with zero attached hydrogens (tertiary/aromatic N) is 3. The molecule has 2 fully saturated rings. The molecule has 2 atom stereocenters. The number of hydrogen-bond acceptors (Lipinski definition) is 4. The molecule has 2 aromatic rings. The molecule has 0 saturated carbocycles. The van der Waals surface area contributed by atoms with E-state index in [0.717, 1.165) is 64.1 Å². The second-order valence-electron chi connectivity index (χ2n) is 8.15. The van der Waals surface area contributed by atoms with Crippen molar-refractivity contribution in [3.63, 3.8) is 0 Å². The highest BCUT2D eigenvalue weighted by atomic mass is 16.3. The molecular weight excluding hydrogens is 340 g/mol. The van der Waals surface area contributed by atoms with Crippen LogP contribution < -0.4 is 0 Å². The number of likely N-dealkylation sites (tertiary alicyclic amines) is 2. The summed E-state index contributed by atoms with van der Waals surface area (Å²) < 4.78 is 0. The molecule has 0 spiro atoms. The number of nitrogens with one attached hydrogen (secondary N) is 1. The van der Waals surface area contributed by atoms with Crippen molar-refractivity contribution in [1.82, 2.24) is 19.8 Å². The van der Waals surface area contributed by atoms with Gasteiger partial charge in [0.15, 0.2) is 0 Å². The molecule has 2 N–H and O–H groups in total. The van der Waals surface area contributed by atoms with Crippen LogP contribution in [0.15, 0.2) is 18.3 Å². The van der Waals surface area contributed by atoms with E-state index in [0.29, 0.717) is 11.8 Å². The smallest absolute Gasteiger partial charge is 0.219 e. The lowest BCUT2D eigenvalue weighted by Gasteiger charge is -2.34. The number of carbonyl (C=O) groups is 1. The van der Waals surface area contributed by atoms with E-state index in [1.807, 2.05) is 17.2 Å². The van der Waals surface area contributed by atoms with Gasteiger partial charge in [0.25, 0.3) is 0 Å². The Morgan fingerprint density at radius 2 is 2.15 bits per heavy atom. The normalized spacial score (nSPS) is 24.4. The van der Waals surface area contributed by atoms with E-state index in [-0.39, 0.29) is 12.5 Å². The number of carbonyl (C=O) groups excluding carboxylic acids is 1. The van der Waals surface area contributed by atoms with E-state index in [1.54, 1.807) is 6.92 Å². The molecule has 0 aromatic carbocycles. The van der Waals surface area contributed by atoms with Crippen molar-refractivity contribution in [2.45, 2.75) is 45.1 Å². The molecule has 0 radical (unpaired) electrons. The van der Waals surface area contributed by atoms with Crippen molar-refractivity contribution in [3.8, 4) is 0 Å². The van der Waals surface area contributed by atoms with Crippen LogP contribution in [0.1, 0.15) is 49.8 Å². The highest BCUT2D eigenvalue weighted by Gasteiger charge is 2.28. The Balaban J connectivity index is 1.64. The molecule has 2 saturated heterocycles. The Bertz CT molecular complexity index is 803. The van der Waals surface area contributed by atoms with Crippen LogP contribution in [0, 0.1) is 5.92 Å². The van der Waals surface area contributed by atoms with Crippen LogP contribution in [0.5, 0.6) is 0 Å². The number of aliphatic hydroxyl groups is 1. The number of H-pyrrole nitrogens is 1. The van der Waals surface area contributed by atoms with Crippen LogP contribution in [-0.4, -0.2) is 63.6 Å². The molecule has 27 heavy (non-hydrogen) atoms. The van der Waals surface area contributed by atoms with Gasteiger partial charge in [0.1, 0.15) is 5.65 Å². The molecule has 6 nitrogen and oxygen atoms in total. The van der Waals surface area contributed by atoms with Crippen LogP contribution in [0.25, 0.3) is 11.0 Å². The van der Waals surface area contributed by atoms with Gasteiger partial charge in [-0.1, -0.05) is 0 Å². The molecule has 0 bridgehead atoms. The number of rotatable bonds is 4. The van der Waals surface area contributed by atoms with Crippen molar-refractivity contribution in [2.24, 2.45) is 5.92 Å². The maximum Gasteiger partial charge on any atom is 0.219 e.